The first-order chi connectivity index (χ1) is 13.5. The molecule has 1 aliphatic heterocycles. The van der Waals surface area contributed by atoms with E-state index in [1.54, 1.807) is 25.6 Å². The minimum absolute atomic E-state index is 0.299. The highest BCUT2D eigenvalue weighted by Crippen LogP contribution is 2.43. The summed E-state index contributed by atoms with van der Waals surface area (Å²) in [7, 11) is 3.29. The quantitative estimate of drug-likeness (QED) is 0.502. The highest BCUT2D eigenvalue weighted by Gasteiger charge is 2.29. The van der Waals surface area contributed by atoms with Crippen LogP contribution in [0.2, 0.25) is 5.28 Å². The van der Waals surface area contributed by atoms with Crippen molar-refractivity contribution < 1.29 is 9.47 Å². The largest absolute Gasteiger partial charge is 0.493 e. The number of anilines is 1. The van der Waals surface area contributed by atoms with Gasteiger partial charge in [-0.25, -0.2) is 4.98 Å². The minimum Gasteiger partial charge on any atom is -0.493 e. The molecule has 0 saturated carbocycles. The maximum absolute atomic E-state index is 6.30. The summed E-state index contributed by atoms with van der Waals surface area (Å²) in [5, 5.41) is 3.48. The summed E-state index contributed by atoms with van der Waals surface area (Å²) in [6.07, 6.45) is 3.56. The predicted molar refractivity (Wildman–Crippen MR) is 116 cm³/mol. The van der Waals surface area contributed by atoms with E-state index in [2.05, 4.69) is 29.1 Å². The third-order valence-corrected chi connectivity index (χ3v) is 6.56. The molecule has 0 N–H and O–H groups in total. The van der Waals surface area contributed by atoms with Gasteiger partial charge >= 0.3 is 0 Å². The van der Waals surface area contributed by atoms with Crippen LogP contribution in [-0.2, 0) is 0 Å². The first-order valence-electron chi connectivity index (χ1n) is 9.49. The third-order valence-electron chi connectivity index (χ3n) is 5.52. The molecule has 1 fully saturated rings. The lowest BCUT2D eigenvalue weighted by atomic mass is 9.96. The molecule has 0 radical (unpaired) electrons. The lowest BCUT2D eigenvalue weighted by Crippen LogP contribution is -2.44. The number of hydrogen-bond donors (Lipinski definition) is 0. The van der Waals surface area contributed by atoms with Crippen molar-refractivity contribution in [2.75, 3.05) is 19.1 Å². The first-order valence-corrected chi connectivity index (χ1v) is 10.7. The fourth-order valence-corrected chi connectivity index (χ4v) is 5.30. The third kappa shape index (κ3) is 3.29. The smallest absolute Gasteiger partial charge is 0.225 e. The van der Waals surface area contributed by atoms with Crippen LogP contribution in [0.15, 0.2) is 23.6 Å². The van der Waals surface area contributed by atoms with Gasteiger partial charge in [0.05, 0.1) is 19.6 Å². The van der Waals surface area contributed by atoms with E-state index >= 15 is 0 Å². The highest BCUT2D eigenvalue weighted by molar-refractivity contribution is 7.17. The van der Waals surface area contributed by atoms with Crippen molar-refractivity contribution in [3.63, 3.8) is 0 Å². The van der Waals surface area contributed by atoms with Gasteiger partial charge in [-0.05, 0) is 62.4 Å². The Hall–Kier alpha value is -2.05. The summed E-state index contributed by atoms with van der Waals surface area (Å²) in [5.74, 6) is 2.35. The van der Waals surface area contributed by atoms with Crippen LogP contribution in [0.1, 0.15) is 33.1 Å². The van der Waals surface area contributed by atoms with E-state index in [1.807, 2.05) is 18.2 Å². The Kier molecular flexibility index (Phi) is 5.34. The maximum Gasteiger partial charge on any atom is 0.225 e. The van der Waals surface area contributed by atoms with E-state index < -0.39 is 0 Å². The number of thiophene rings is 1. The Balaban J connectivity index is 1.92. The Labute approximate surface area is 174 Å². The molecule has 1 aromatic carbocycles. The molecule has 2 atom stereocenters. The molecular formula is C21H24ClN3O2S. The van der Waals surface area contributed by atoms with Crippen LogP contribution in [-0.4, -0.2) is 36.3 Å². The molecule has 2 aromatic heterocycles. The Morgan fingerprint density at radius 1 is 1.07 bits per heavy atom. The molecule has 0 spiro atoms. The molecule has 7 heteroatoms. The van der Waals surface area contributed by atoms with Crippen LogP contribution in [0, 0.1) is 0 Å². The molecule has 1 saturated heterocycles. The van der Waals surface area contributed by atoms with Gasteiger partial charge in [-0.15, -0.1) is 11.3 Å². The van der Waals surface area contributed by atoms with Gasteiger partial charge in [0.25, 0.3) is 0 Å². The van der Waals surface area contributed by atoms with Crippen molar-refractivity contribution in [1.82, 2.24) is 9.97 Å². The Morgan fingerprint density at radius 3 is 2.46 bits per heavy atom. The zero-order chi connectivity index (χ0) is 19.8. The summed E-state index contributed by atoms with van der Waals surface area (Å²) < 4.78 is 10.9. The van der Waals surface area contributed by atoms with Gasteiger partial charge in [-0.2, -0.15) is 4.98 Å². The number of benzene rings is 1. The molecule has 1 aliphatic rings. The topological polar surface area (TPSA) is 47.5 Å². The number of aromatic nitrogens is 2. The zero-order valence-electron chi connectivity index (χ0n) is 16.5. The zero-order valence-corrected chi connectivity index (χ0v) is 18.1. The van der Waals surface area contributed by atoms with E-state index in [1.165, 1.54) is 6.42 Å². The van der Waals surface area contributed by atoms with E-state index in [-0.39, 0.29) is 0 Å². The van der Waals surface area contributed by atoms with Gasteiger partial charge in [0, 0.05) is 23.0 Å². The molecule has 0 amide bonds. The van der Waals surface area contributed by atoms with Gasteiger partial charge in [0.2, 0.25) is 5.28 Å². The summed E-state index contributed by atoms with van der Waals surface area (Å²) in [6, 6.07) is 6.80. The number of nitrogens with zero attached hydrogens (tertiary/aromatic N) is 3. The molecule has 148 valence electrons. The number of hydrogen-bond acceptors (Lipinski definition) is 6. The fraction of sp³-hybridized carbons (Fsp3) is 0.429. The summed E-state index contributed by atoms with van der Waals surface area (Å²) in [4.78, 5) is 12.5. The number of halogens is 1. The van der Waals surface area contributed by atoms with Crippen molar-refractivity contribution in [3.8, 4) is 22.6 Å². The van der Waals surface area contributed by atoms with Gasteiger partial charge in [0.1, 0.15) is 10.6 Å². The number of ether oxygens (including phenoxy) is 2. The van der Waals surface area contributed by atoms with Crippen molar-refractivity contribution in [3.05, 3.63) is 28.9 Å². The number of piperidine rings is 1. The second kappa shape index (κ2) is 7.76. The summed E-state index contributed by atoms with van der Waals surface area (Å²) in [5.41, 5.74) is 2.14. The van der Waals surface area contributed by atoms with Gasteiger partial charge in [-0.3, -0.25) is 0 Å². The molecule has 2 unspecified atom stereocenters. The van der Waals surface area contributed by atoms with Crippen molar-refractivity contribution in [2.45, 2.75) is 45.2 Å². The molecular weight excluding hydrogens is 394 g/mol. The molecule has 3 heterocycles. The second-order valence-corrected chi connectivity index (χ2v) is 8.45. The van der Waals surface area contributed by atoms with Crippen molar-refractivity contribution in [2.24, 2.45) is 0 Å². The Bertz CT molecular complexity index is 997. The van der Waals surface area contributed by atoms with Crippen LogP contribution < -0.4 is 14.4 Å². The summed E-state index contributed by atoms with van der Waals surface area (Å²) >= 11 is 7.89. The van der Waals surface area contributed by atoms with E-state index in [0.29, 0.717) is 28.9 Å². The van der Waals surface area contributed by atoms with E-state index in [4.69, 9.17) is 26.1 Å². The van der Waals surface area contributed by atoms with Crippen molar-refractivity contribution >= 4 is 39.0 Å². The van der Waals surface area contributed by atoms with E-state index in [0.717, 1.165) is 40.0 Å². The van der Waals surface area contributed by atoms with E-state index in [9.17, 15) is 0 Å². The molecule has 5 nitrogen and oxygen atoms in total. The van der Waals surface area contributed by atoms with Crippen LogP contribution >= 0.6 is 22.9 Å². The second-order valence-electron chi connectivity index (χ2n) is 7.25. The predicted octanol–water partition coefficient (Wildman–Crippen LogP) is 5.80. The molecule has 0 bridgehead atoms. The average Bonchev–Trinajstić information content (AvgIpc) is 3.11. The number of fused-ring (bicyclic) bond motifs is 1. The molecule has 28 heavy (non-hydrogen) atoms. The maximum atomic E-state index is 6.30. The standard InChI is InChI=1S/C21H24ClN3O2S/c1-12-6-5-7-13(2)25(12)19-18-15(11-28-20(18)24-21(22)23-19)14-8-9-16(26-3)17(10-14)27-4/h8-13H,5-7H2,1-4H3. The molecule has 0 aliphatic carbocycles. The van der Waals surface area contributed by atoms with Gasteiger partial charge in [0.15, 0.2) is 11.5 Å². The minimum atomic E-state index is 0.299. The number of rotatable bonds is 4. The average molecular weight is 418 g/mol. The van der Waals surface area contributed by atoms with Crippen LogP contribution in [0.4, 0.5) is 5.82 Å². The van der Waals surface area contributed by atoms with Gasteiger partial charge < -0.3 is 14.4 Å². The fourth-order valence-electron chi connectivity index (χ4n) is 4.14. The normalized spacial score (nSPS) is 19.8. The first kappa shape index (κ1) is 19.3. The van der Waals surface area contributed by atoms with Crippen LogP contribution in [0.25, 0.3) is 21.3 Å². The number of methoxy groups -OCH3 is 2. The lowest BCUT2D eigenvalue weighted by Gasteiger charge is -2.40. The SMILES string of the molecule is COc1ccc(-c2csc3nc(Cl)nc(N4C(C)CCCC4C)c23)cc1OC. The van der Waals surface area contributed by atoms with Crippen molar-refractivity contribution in [1.29, 1.82) is 0 Å². The lowest BCUT2D eigenvalue weighted by molar-refractivity contribution is 0.355. The molecule has 4 rings (SSSR count). The van der Waals surface area contributed by atoms with Crippen LogP contribution in [0.5, 0.6) is 11.5 Å². The Morgan fingerprint density at radius 2 is 1.79 bits per heavy atom. The highest BCUT2D eigenvalue weighted by atomic mass is 35.5. The van der Waals surface area contributed by atoms with Crippen LogP contribution in [0.3, 0.4) is 0 Å². The summed E-state index contributed by atoms with van der Waals surface area (Å²) in [6.45, 7) is 4.53. The monoisotopic (exact) mass is 417 g/mol. The molecule has 3 aromatic rings. The van der Waals surface area contributed by atoms with Gasteiger partial charge in [-0.1, -0.05) is 6.07 Å².